The molecule has 1 amide bonds. The Balaban J connectivity index is 1.78. The highest BCUT2D eigenvalue weighted by Crippen LogP contribution is 2.38. The van der Waals surface area contributed by atoms with Gasteiger partial charge in [0, 0.05) is 23.3 Å². The van der Waals surface area contributed by atoms with Crippen molar-refractivity contribution in [3.63, 3.8) is 0 Å². The number of rotatable bonds is 10. The van der Waals surface area contributed by atoms with Crippen molar-refractivity contribution < 1.29 is 23.7 Å². The summed E-state index contributed by atoms with van der Waals surface area (Å²) in [5.41, 5.74) is 3.25. The largest absolute Gasteiger partial charge is 0.493 e. The van der Waals surface area contributed by atoms with Crippen molar-refractivity contribution in [1.82, 2.24) is 4.98 Å². The van der Waals surface area contributed by atoms with Gasteiger partial charge in [-0.15, -0.1) is 0 Å². The lowest BCUT2D eigenvalue weighted by molar-refractivity contribution is 0.114. The van der Waals surface area contributed by atoms with Crippen LogP contribution in [0.2, 0.25) is 0 Å². The summed E-state index contributed by atoms with van der Waals surface area (Å²) in [6, 6.07) is 9.16. The molecule has 0 fully saturated rings. The van der Waals surface area contributed by atoms with Crippen molar-refractivity contribution in [2.45, 2.75) is 59.5 Å². The van der Waals surface area contributed by atoms with Gasteiger partial charge in [-0.25, -0.2) is 4.79 Å². The fourth-order valence-corrected chi connectivity index (χ4v) is 3.76. The molecule has 0 radical (unpaired) electrons. The highest BCUT2D eigenvalue weighted by Gasteiger charge is 2.16. The van der Waals surface area contributed by atoms with Gasteiger partial charge < -0.3 is 18.9 Å². The zero-order chi connectivity index (χ0) is 24.7. The number of carbonyl (C=O) groups excluding carboxylic acids is 1. The lowest BCUT2D eigenvalue weighted by Gasteiger charge is -2.18. The monoisotopic (exact) mass is 466 g/mol. The molecule has 1 aromatic heterocycles. The number of nitrogens with one attached hydrogen (secondary N) is 1. The Morgan fingerprint density at radius 2 is 1.71 bits per heavy atom. The van der Waals surface area contributed by atoms with Crippen LogP contribution in [-0.4, -0.2) is 31.4 Å². The van der Waals surface area contributed by atoms with Crippen LogP contribution < -0.4 is 19.5 Å². The van der Waals surface area contributed by atoms with Crippen LogP contribution in [0.3, 0.4) is 0 Å². The van der Waals surface area contributed by atoms with Crippen LogP contribution in [0, 0.1) is 13.8 Å². The van der Waals surface area contributed by atoms with Crippen LogP contribution in [-0.2, 0) is 4.74 Å². The van der Waals surface area contributed by atoms with Crippen LogP contribution >= 0.6 is 0 Å². The molecule has 1 unspecified atom stereocenters. The molecule has 0 saturated heterocycles. The summed E-state index contributed by atoms with van der Waals surface area (Å²) in [7, 11) is 3.19. The van der Waals surface area contributed by atoms with Gasteiger partial charge in [-0.1, -0.05) is 19.8 Å². The average molecular weight is 467 g/mol. The van der Waals surface area contributed by atoms with Crippen LogP contribution in [0.25, 0.3) is 10.9 Å². The summed E-state index contributed by atoms with van der Waals surface area (Å²) in [5.74, 6) is 2.54. The first-order valence-corrected chi connectivity index (χ1v) is 11.6. The maximum atomic E-state index is 12.4. The Kier molecular flexibility index (Phi) is 8.57. The number of benzene rings is 2. The SMILES string of the molecule is CCCCCC(C)OC(=O)Nc1ccc(Oc2ccnc3cc(OC)c(OC)cc23)c(C)c1C. The van der Waals surface area contributed by atoms with E-state index in [1.165, 1.54) is 0 Å². The van der Waals surface area contributed by atoms with Gasteiger partial charge in [0.2, 0.25) is 0 Å². The molecular formula is C27H34N2O5. The van der Waals surface area contributed by atoms with E-state index in [2.05, 4.69) is 17.2 Å². The number of carbonyl (C=O) groups is 1. The van der Waals surface area contributed by atoms with Crippen LogP contribution in [0.4, 0.5) is 10.5 Å². The van der Waals surface area contributed by atoms with Gasteiger partial charge in [0.1, 0.15) is 17.6 Å². The second-order valence-corrected chi connectivity index (χ2v) is 8.33. The molecule has 0 saturated carbocycles. The zero-order valence-corrected chi connectivity index (χ0v) is 20.9. The minimum Gasteiger partial charge on any atom is -0.493 e. The molecule has 0 aliphatic rings. The molecule has 2 aromatic carbocycles. The van der Waals surface area contributed by atoms with Gasteiger partial charge >= 0.3 is 6.09 Å². The second kappa shape index (κ2) is 11.6. The molecule has 3 rings (SSSR count). The summed E-state index contributed by atoms with van der Waals surface area (Å²) in [4.78, 5) is 16.8. The predicted molar refractivity (Wildman–Crippen MR) is 135 cm³/mol. The number of aromatic nitrogens is 1. The predicted octanol–water partition coefficient (Wildman–Crippen LogP) is 7.18. The third kappa shape index (κ3) is 5.90. The molecule has 1 atom stereocenters. The topological polar surface area (TPSA) is 78.9 Å². The Labute approximate surface area is 201 Å². The molecule has 7 nitrogen and oxygen atoms in total. The summed E-state index contributed by atoms with van der Waals surface area (Å²) < 4.78 is 22.6. The van der Waals surface area contributed by atoms with E-state index in [-0.39, 0.29) is 6.10 Å². The normalized spacial score (nSPS) is 11.7. The summed E-state index contributed by atoms with van der Waals surface area (Å²) in [6.45, 7) is 7.98. The molecule has 0 bridgehead atoms. The quantitative estimate of drug-likeness (QED) is 0.319. The minimum absolute atomic E-state index is 0.119. The molecule has 0 aliphatic carbocycles. The lowest BCUT2D eigenvalue weighted by atomic mass is 10.1. The highest BCUT2D eigenvalue weighted by atomic mass is 16.6. The number of fused-ring (bicyclic) bond motifs is 1. The van der Waals surface area contributed by atoms with E-state index in [4.69, 9.17) is 18.9 Å². The Morgan fingerprint density at radius 3 is 2.41 bits per heavy atom. The third-order valence-corrected chi connectivity index (χ3v) is 5.92. The lowest BCUT2D eigenvalue weighted by Crippen LogP contribution is -2.20. The number of pyridine rings is 1. The van der Waals surface area contributed by atoms with Crippen molar-refractivity contribution in [3.8, 4) is 23.0 Å². The number of hydrogen-bond donors (Lipinski definition) is 1. The standard InChI is InChI=1S/C27H34N2O5/c1-7-8-9-10-17(2)33-27(30)29-21-11-12-23(19(4)18(21)3)34-24-13-14-28-22-16-26(32-6)25(31-5)15-20(22)24/h11-17H,7-10H2,1-6H3,(H,29,30). The van der Waals surface area contributed by atoms with E-state index in [0.717, 1.165) is 47.7 Å². The molecule has 34 heavy (non-hydrogen) atoms. The van der Waals surface area contributed by atoms with E-state index in [1.54, 1.807) is 20.4 Å². The van der Waals surface area contributed by atoms with Gasteiger partial charge in [0.25, 0.3) is 0 Å². The first-order valence-electron chi connectivity index (χ1n) is 11.6. The van der Waals surface area contributed by atoms with Crippen LogP contribution in [0.5, 0.6) is 23.0 Å². The van der Waals surface area contributed by atoms with E-state index in [1.807, 2.05) is 51.1 Å². The maximum Gasteiger partial charge on any atom is 0.411 e. The maximum absolute atomic E-state index is 12.4. The van der Waals surface area contributed by atoms with E-state index in [9.17, 15) is 4.79 Å². The number of hydrogen-bond acceptors (Lipinski definition) is 6. The minimum atomic E-state index is -0.443. The van der Waals surface area contributed by atoms with Crippen molar-refractivity contribution in [3.05, 3.63) is 47.7 Å². The molecule has 3 aromatic rings. The van der Waals surface area contributed by atoms with E-state index >= 15 is 0 Å². The molecule has 1 N–H and O–H groups in total. The summed E-state index contributed by atoms with van der Waals surface area (Å²) in [6.07, 6.45) is 5.33. The van der Waals surface area contributed by atoms with Gasteiger partial charge in [-0.2, -0.15) is 0 Å². The highest BCUT2D eigenvalue weighted by molar-refractivity contribution is 5.89. The van der Waals surface area contributed by atoms with Crippen molar-refractivity contribution in [2.75, 3.05) is 19.5 Å². The summed E-state index contributed by atoms with van der Waals surface area (Å²) in [5, 5.41) is 3.67. The van der Waals surface area contributed by atoms with Crippen molar-refractivity contribution >= 4 is 22.7 Å². The molecular weight excluding hydrogens is 432 g/mol. The number of anilines is 1. The van der Waals surface area contributed by atoms with Gasteiger partial charge in [-0.3, -0.25) is 10.3 Å². The second-order valence-electron chi connectivity index (χ2n) is 8.33. The van der Waals surface area contributed by atoms with E-state index in [0.29, 0.717) is 28.7 Å². The molecule has 0 spiro atoms. The fraction of sp³-hybridized carbons (Fsp3) is 0.407. The van der Waals surface area contributed by atoms with E-state index < -0.39 is 6.09 Å². The molecule has 1 heterocycles. The Hall–Kier alpha value is -3.48. The number of ether oxygens (including phenoxy) is 4. The zero-order valence-electron chi connectivity index (χ0n) is 20.9. The van der Waals surface area contributed by atoms with Gasteiger partial charge in [-0.05, 0) is 69.0 Å². The first-order chi connectivity index (χ1) is 16.4. The van der Waals surface area contributed by atoms with Crippen LogP contribution in [0.1, 0.15) is 50.7 Å². The number of amides is 1. The molecule has 182 valence electrons. The molecule has 7 heteroatoms. The Bertz CT molecular complexity index is 1150. The Morgan fingerprint density at radius 1 is 0.971 bits per heavy atom. The smallest absolute Gasteiger partial charge is 0.411 e. The van der Waals surface area contributed by atoms with Gasteiger partial charge in [0.05, 0.1) is 19.7 Å². The van der Waals surface area contributed by atoms with Crippen molar-refractivity contribution in [2.24, 2.45) is 0 Å². The van der Waals surface area contributed by atoms with Gasteiger partial charge in [0.15, 0.2) is 11.5 Å². The van der Waals surface area contributed by atoms with Crippen molar-refractivity contribution in [1.29, 1.82) is 0 Å². The number of unbranched alkanes of at least 4 members (excludes halogenated alkanes) is 2. The number of methoxy groups -OCH3 is 2. The fourth-order valence-electron chi connectivity index (χ4n) is 3.76. The average Bonchev–Trinajstić information content (AvgIpc) is 2.83. The number of nitrogens with zero attached hydrogens (tertiary/aromatic N) is 1. The third-order valence-electron chi connectivity index (χ3n) is 5.92. The van der Waals surface area contributed by atoms with Crippen LogP contribution in [0.15, 0.2) is 36.5 Å². The first kappa shape index (κ1) is 25.1. The molecule has 0 aliphatic heterocycles. The summed E-state index contributed by atoms with van der Waals surface area (Å²) >= 11 is 0.